The van der Waals surface area contributed by atoms with Crippen LogP contribution >= 0.6 is 0 Å². The lowest BCUT2D eigenvalue weighted by Crippen LogP contribution is -2.23. The second-order valence-corrected chi connectivity index (χ2v) is 9.92. The minimum absolute atomic E-state index is 0.00133. The Balaban J connectivity index is 5.35. The van der Waals surface area contributed by atoms with E-state index < -0.39 is 34.9 Å². The van der Waals surface area contributed by atoms with Crippen molar-refractivity contribution in [3.63, 3.8) is 0 Å². The molecule has 228 valence electrons. The van der Waals surface area contributed by atoms with Gasteiger partial charge in [-0.2, -0.15) is 8.78 Å². The van der Waals surface area contributed by atoms with Crippen molar-refractivity contribution in [2.24, 2.45) is 11.8 Å². The van der Waals surface area contributed by atoms with Crippen molar-refractivity contribution >= 4 is 0 Å². The molecular weight excluding hydrogens is 543 g/mol. The molecule has 0 aromatic rings. The van der Waals surface area contributed by atoms with Gasteiger partial charge in [-0.05, 0) is 70.4 Å². The summed E-state index contributed by atoms with van der Waals surface area (Å²) in [5.41, 5.74) is -0.658. The number of hydrogen-bond acceptors (Lipinski definition) is 1. The van der Waals surface area contributed by atoms with Gasteiger partial charge in [0.15, 0.2) is 0 Å². The van der Waals surface area contributed by atoms with Gasteiger partial charge in [-0.1, -0.05) is 111 Å². The lowest BCUT2D eigenvalue weighted by molar-refractivity contribution is -0.177. The number of rotatable bonds is 19. The predicted octanol–water partition coefficient (Wildman–Crippen LogP) is 12.2. The number of ether oxygens (including phenoxy) is 1. The maximum atomic E-state index is 14.7. The lowest BCUT2D eigenvalue weighted by atomic mass is 9.98. The van der Waals surface area contributed by atoms with E-state index in [1.807, 2.05) is 32.9 Å². The molecule has 0 fully saturated rings. The highest BCUT2D eigenvalue weighted by Gasteiger charge is 2.38. The fourth-order valence-electron chi connectivity index (χ4n) is 2.95. The van der Waals surface area contributed by atoms with Crippen LogP contribution in [0.15, 0.2) is 157 Å². The normalized spacial score (nSPS) is 14.5. The van der Waals surface area contributed by atoms with Crippen molar-refractivity contribution in [3.05, 3.63) is 157 Å². The van der Waals surface area contributed by atoms with Crippen LogP contribution in [0, 0.1) is 11.8 Å². The SMILES string of the molecule is C=C(/C=C\C(=C)C(=C)/C=C(/F)C(=C)C(=C)/C=C(/F)C(=C)CCC)OC(F)(F)C(=C)/C(F)=C\C(=C)C(C)/C=C\C(C)CC. The highest BCUT2D eigenvalue weighted by Crippen LogP contribution is 2.34. The van der Waals surface area contributed by atoms with E-state index in [0.717, 1.165) is 30.7 Å². The third-order valence-electron chi connectivity index (χ3n) is 6.22. The molecule has 0 aromatic carbocycles. The zero-order valence-electron chi connectivity index (χ0n) is 25.3. The van der Waals surface area contributed by atoms with Gasteiger partial charge in [0, 0.05) is 5.57 Å². The molecule has 0 rings (SSSR count). The summed E-state index contributed by atoms with van der Waals surface area (Å²) in [6.07, 6.45) is 6.89. The van der Waals surface area contributed by atoms with Gasteiger partial charge in [0.2, 0.25) is 0 Å². The summed E-state index contributed by atoms with van der Waals surface area (Å²) in [6.45, 7) is 36.2. The monoisotopic (exact) mass is 586 g/mol. The number of alkyl halides is 2. The van der Waals surface area contributed by atoms with Crippen LogP contribution in [0.25, 0.3) is 0 Å². The molecule has 2 unspecified atom stereocenters. The van der Waals surface area contributed by atoms with Crippen molar-refractivity contribution < 1.29 is 26.7 Å². The Morgan fingerprint density at radius 2 is 1.31 bits per heavy atom. The van der Waals surface area contributed by atoms with Gasteiger partial charge in [0.1, 0.15) is 23.2 Å². The molecular formula is C36H43F5O. The Bertz CT molecular complexity index is 1260. The highest BCUT2D eigenvalue weighted by molar-refractivity contribution is 5.53. The van der Waals surface area contributed by atoms with E-state index >= 15 is 0 Å². The summed E-state index contributed by atoms with van der Waals surface area (Å²) in [4.78, 5) is 0. The maximum Gasteiger partial charge on any atom is 0.428 e. The summed E-state index contributed by atoms with van der Waals surface area (Å²) in [5.74, 6) is -3.25. The first kappa shape index (κ1) is 38.1. The molecule has 0 N–H and O–H groups in total. The molecule has 0 aliphatic rings. The molecule has 0 heterocycles. The fourth-order valence-corrected chi connectivity index (χ4v) is 2.95. The molecule has 0 amide bonds. The van der Waals surface area contributed by atoms with E-state index in [2.05, 4.69) is 57.4 Å². The third-order valence-corrected chi connectivity index (χ3v) is 6.22. The average Bonchev–Trinajstić information content (AvgIpc) is 2.92. The first-order chi connectivity index (χ1) is 19.4. The highest BCUT2D eigenvalue weighted by atomic mass is 19.3. The Kier molecular flexibility index (Phi) is 16.1. The molecule has 42 heavy (non-hydrogen) atoms. The van der Waals surface area contributed by atoms with Gasteiger partial charge in [-0.3, -0.25) is 0 Å². The quantitative estimate of drug-likeness (QED) is 0.0633. The Morgan fingerprint density at radius 3 is 1.86 bits per heavy atom. The standard InChI is InChI=1S/C36H43F5O/c1-13-15-26(6)33(37)22-29(9)31(11)34(38)20-27(7)25(5)18-19-30(10)42-36(40,41)32(12)35(39)21-28(8)24(4)17-16-23(3)14-2/h16-24H,5-15H2,1-4H3/b17-16-,19-18-,33-22+,34-20+,35-21+. The molecule has 6 heteroatoms. The molecule has 0 saturated carbocycles. The van der Waals surface area contributed by atoms with E-state index in [1.165, 1.54) is 6.08 Å². The van der Waals surface area contributed by atoms with Crippen LogP contribution in [0.2, 0.25) is 0 Å². The topological polar surface area (TPSA) is 9.23 Å². The zero-order chi connectivity index (χ0) is 32.8. The summed E-state index contributed by atoms with van der Waals surface area (Å²) in [7, 11) is 0. The van der Waals surface area contributed by atoms with Crippen LogP contribution in [0.1, 0.15) is 47.0 Å². The van der Waals surface area contributed by atoms with E-state index in [4.69, 9.17) is 0 Å². The number of allylic oxidation sites excluding steroid dienone is 15. The van der Waals surface area contributed by atoms with Crippen LogP contribution in [0.5, 0.6) is 0 Å². The first-order valence-corrected chi connectivity index (χ1v) is 13.4. The fraction of sp³-hybridized carbons (Fsp3) is 0.278. The smallest absolute Gasteiger partial charge is 0.428 e. The largest absolute Gasteiger partial charge is 0.429 e. The molecule has 0 aromatic heterocycles. The van der Waals surface area contributed by atoms with Crippen molar-refractivity contribution in [1.82, 2.24) is 0 Å². The van der Waals surface area contributed by atoms with Crippen molar-refractivity contribution in [1.29, 1.82) is 0 Å². The Hall–Kier alpha value is -3.93. The molecule has 0 radical (unpaired) electrons. The van der Waals surface area contributed by atoms with E-state index in [0.29, 0.717) is 18.8 Å². The van der Waals surface area contributed by atoms with Gasteiger partial charge in [0.05, 0.1) is 5.57 Å². The van der Waals surface area contributed by atoms with E-state index in [9.17, 15) is 22.0 Å². The molecule has 0 saturated heterocycles. The molecule has 0 bridgehead atoms. The van der Waals surface area contributed by atoms with Gasteiger partial charge < -0.3 is 4.74 Å². The van der Waals surface area contributed by atoms with Gasteiger partial charge in [0.25, 0.3) is 0 Å². The van der Waals surface area contributed by atoms with Gasteiger partial charge in [-0.15, -0.1) is 0 Å². The molecule has 0 aliphatic heterocycles. The van der Waals surface area contributed by atoms with Crippen molar-refractivity contribution in [2.75, 3.05) is 0 Å². The van der Waals surface area contributed by atoms with Crippen molar-refractivity contribution in [3.8, 4) is 0 Å². The molecule has 2 atom stereocenters. The van der Waals surface area contributed by atoms with Crippen LogP contribution in [-0.4, -0.2) is 6.11 Å². The first-order valence-electron chi connectivity index (χ1n) is 13.4. The van der Waals surface area contributed by atoms with Gasteiger partial charge >= 0.3 is 6.11 Å². The third kappa shape index (κ3) is 13.2. The number of hydrogen-bond donors (Lipinski definition) is 0. The van der Waals surface area contributed by atoms with Crippen LogP contribution < -0.4 is 0 Å². The molecule has 0 aliphatic carbocycles. The minimum Gasteiger partial charge on any atom is -0.429 e. The summed E-state index contributed by atoms with van der Waals surface area (Å²) in [6, 6.07) is 0. The van der Waals surface area contributed by atoms with Crippen LogP contribution in [0.3, 0.4) is 0 Å². The Morgan fingerprint density at radius 1 is 0.738 bits per heavy atom. The molecule has 0 spiro atoms. The minimum atomic E-state index is -4.12. The second-order valence-electron chi connectivity index (χ2n) is 9.92. The van der Waals surface area contributed by atoms with Crippen molar-refractivity contribution in [2.45, 2.75) is 53.1 Å². The summed E-state index contributed by atoms with van der Waals surface area (Å²) >= 11 is 0. The average molecular weight is 587 g/mol. The number of halogens is 5. The lowest BCUT2D eigenvalue weighted by Gasteiger charge is -2.19. The predicted molar refractivity (Wildman–Crippen MR) is 169 cm³/mol. The van der Waals surface area contributed by atoms with E-state index in [1.54, 1.807) is 6.92 Å². The summed E-state index contributed by atoms with van der Waals surface area (Å²) in [5, 5.41) is 0. The van der Waals surface area contributed by atoms with Crippen LogP contribution in [-0.2, 0) is 4.74 Å². The zero-order valence-corrected chi connectivity index (χ0v) is 25.3. The van der Waals surface area contributed by atoms with Gasteiger partial charge in [-0.25, -0.2) is 13.2 Å². The van der Waals surface area contributed by atoms with E-state index in [-0.39, 0.29) is 39.4 Å². The molecule has 1 nitrogen and oxygen atoms in total. The maximum absolute atomic E-state index is 14.7. The Labute approximate surface area is 248 Å². The summed E-state index contributed by atoms with van der Waals surface area (Å²) < 4.78 is 77.1. The second kappa shape index (κ2) is 17.8. The van der Waals surface area contributed by atoms with Crippen LogP contribution in [0.4, 0.5) is 22.0 Å².